The number of carbonyl (C=O) groups excluding carboxylic acids is 4. The minimum absolute atomic E-state index is 0.00692. The van der Waals surface area contributed by atoms with Gasteiger partial charge in [0.1, 0.15) is 31.5 Å². The van der Waals surface area contributed by atoms with Crippen LogP contribution in [0.2, 0.25) is 0 Å². The van der Waals surface area contributed by atoms with Gasteiger partial charge in [0.25, 0.3) is 0 Å². The summed E-state index contributed by atoms with van der Waals surface area (Å²) < 4.78 is 55.1. The van der Waals surface area contributed by atoms with Crippen molar-refractivity contribution < 1.29 is 61.8 Å². The Morgan fingerprint density at radius 3 is 1.82 bits per heavy atom. The van der Waals surface area contributed by atoms with Crippen molar-refractivity contribution in [3.8, 4) is 0 Å². The standard InChI is InChI=1S/C35H51N7O11.CO2/c1-17-18(2)28(39-41-37)34(50-26(17)15-45-23(7)43)52-30-20(4)32(47-14-25-12-10-9-11-13-25)35(48-21(30)5)53-31-19(3)29(40-42-38)33(49-22(6)36)51-27(31)16-46-24(8)44;2-1-3/h9-13,17-21,26-36H,14-16H2,1-8H3;/t17-,18-,19+,20-,21?,26?,27?,28?,29?,30-,31-,32?,33?,34+,35-;/m0./s1. The van der Waals surface area contributed by atoms with Crippen LogP contribution in [0.5, 0.6) is 0 Å². The maximum absolute atomic E-state index is 11.9. The first-order chi connectivity index (χ1) is 26.7. The third-order valence-corrected chi connectivity index (χ3v) is 10.1. The van der Waals surface area contributed by atoms with Gasteiger partial charge in [-0.25, -0.2) is 0 Å². The molecule has 15 atom stereocenters. The van der Waals surface area contributed by atoms with E-state index in [1.807, 2.05) is 58.0 Å². The van der Waals surface area contributed by atoms with Crippen molar-refractivity contribution in [3.05, 3.63) is 56.8 Å². The molecule has 0 bridgehead atoms. The van der Waals surface area contributed by atoms with Crippen LogP contribution in [0.3, 0.4) is 0 Å². The number of nitrogens with one attached hydrogen (secondary N) is 1. The Bertz CT molecular complexity index is 1590. The first kappa shape index (κ1) is 45.8. The Kier molecular flexibility index (Phi) is 18.2. The van der Waals surface area contributed by atoms with Gasteiger partial charge < -0.3 is 42.6 Å². The molecule has 1 aromatic rings. The topological polar surface area (TPSA) is 273 Å². The smallest absolute Gasteiger partial charge is 0.373 e. The Morgan fingerprint density at radius 2 is 1.27 bits per heavy atom. The van der Waals surface area contributed by atoms with Gasteiger partial charge >= 0.3 is 18.1 Å². The summed E-state index contributed by atoms with van der Waals surface area (Å²) in [5.41, 5.74) is 19.8. The van der Waals surface area contributed by atoms with Gasteiger partial charge in [-0.1, -0.05) is 68.3 Å². The molecule has 3 aliphatic rings. The van der Waals surface area contributed by atoms with Gasteiger partial charge in [0.2, 0.25) is 6.29 Å². The second kappa shape index (κ2) is 22.2. The van der Waals surface area contributed by atoms with Crippen molar-refractivity contribution in [2.45, 2.75) is 130 Å². The fraction of sp³-hybridized carbons (Fsp3) is 0.722. The molecule has 7 unspecified atom stereocenters. The lowest BCUT2D eigenvalue weighted by atomic mass is 9.82. The lowest BCUT2D eigenvalue weighted by Crippen LogP contribution is -2.62. The van der Waals surface area contributed by atoms with Crippen LogP contribution < -0.4 is 0 Å². The van der Waals surface area contributed by atoms with E-state index in [4.69, 9.17) is 57.6 Å². The summed E-state index contributed by atoms with van der Waals surface area (Å²) in [6.45, 7) is 13.4. The molecular weight excluding hydrogens is 738 g/mol. The first-order valence-electron chi connectivity index (χ1n) is 18.2. The summed E-state index contributed by atoms with van der Waals surface area (Å²) in [4.78, 5) is 45.8. The Morgan fingerprint density at radius 1 is 0.732 bits per heavy atom. The molecule has 3 fully saturated rings. The van der Waals surface area contributed by atoms with Gasteiger partial charge in [-0.15, -0.1) is 0 Å². The molecule has 20 heteroatoms. The average Bonchev–Trinajstić information content (AvgIpc) is 3.14. The highest BCUT2D eigenvalue weighted by molar-refractivity contribution is 5.69. The molecule has 0 spiro atoms. The van der Waals surface area contributed by atoms with Gasteiger partial charge in [0, 0.05) is 36.5 Å². The molecule has 1 aromatic carbocycles. The number of azide groups is 2. The summed E-state index contributed by atoms with van der Waals surface area (Å²) in [5.74, 6) is -2.43. The third-order valence-electron chi connectivity index (χ3n) is 10.1. The number of hydrogen-bond donors (Lipinski definition) is 1. The van der Waals surface area contributed by atoms with E-state index in [9.17, 15) is 20.7 Å². The molecule has 0 amide bonds. The predicted molar refractivity (Wildman–Crippen MR) is 192 cm³/mol. The zero-order valence-corrected chi connectivity index (χ0v) is 32.7. The van der Waals surface area contributed by atoms with E-state index in [2.05, 4.69) is 20.1 Å². The fourth-order valence-corrected chi connectivity index (χ4v) is 7.02. The van der Waals surface area contributed by atoms with E-state index in [0.29, 0.717) is 0 Å². The molecular formula is C36H51N7O13. The van der Waals surface area contributed by atoms with Gasteiger partial charge in [-0.2, -0.15) is 9.59 Å². The molecule has 3 heterocycles. The average molecular weight is 790 g/mol. The largest absolute Gasteiger partial charge is 0.463 e. The van der Waals surface area contributed by atoms with Crippen molar-refractivity contribution >= 4 is 24.0 Å². The highest BCUT2D eigenvalue weighted by Gasteiger charge is 2.52. The van der Waals surface area contributed by atoms with Gasteiger partial charge in [-0.05, 0) is 41.3 Å². The highest BCUT2D eigenvalue weighted by atomic mass is 16.8. The van der Waals surface area contributed by atoms with Crippen LogP contribution in [0.1, 0.15) is 61.0 Å². The summed E-state index contributed by atoms with van der Waals surface area (Å²) in [6.07, 6.45) is -7.24. The molecule has 0 aliphatic carbocycles. The number of rotatable bonds is 14. The van der Waals surface area contributed by atoms with Crippen LogP contribution in [0.25, 0.3) is 20.9 Å². The minimum atomic E-state index is -1.14. The first-order valence-corrected chi connectivity index (χ1v) is 18.2. The van der Waals surface area contributed by atoms with Crippen molar-refractivity contribution in [2.24, 2.45) is 33.9 Å². The number of carbonyl (C=O) groups is 2. The van der Waals surface area contributed by atoms with E-state index in [0.717, 1.165) is 5.56 Å². The fourth-order valence-electron chi connectivity index (χ4n) is 7.02. The summed E-state index contributed by atoms with van der Waals surface area (Å²) in [5, 5.41) is 15.8. The van der Waals surface area contributed by atoms with Crippen LogP contribution in [0.15, 0.2) is 40.6 Å². The second-order valence-electron chi connectivity index (χ2n) is 13.9. The maximum Gasteiger partial charge on any atom is 0.373 e. The van der Waals surface area contributed by atoms with Crippen molar-refractivity contribution in [1.29, 1.82) is 5.41 Å². The number of benzene rings is 1. The Hall–Kier alpha value is -4.61. The lowest BCUT2D eigenvalue weighted by Gasteiger charge is -2.50. The van der Waals surface area contributed by atoms with Crippen LogP contribution in [0, 0.1) is 29.1 Å². The van der Waals surface area contributed by atoms with E-state index in [1.165, 1.54) is 20.8 Å². The molecule has 3 saturated heterocycles. The molecule has 56 heavy (non-hydrogen) atoms. The number of esters is 2. The number of ether oxygens (including phenoxy) is 9. The van der Waals surface area contributed by atoms with E-state index in [1.54, 1.807) is 6.92 Å². The molecule has 1 N–H and O–H groups in total. The summed E-state index contributed by atoms with van der Waals surface area (Å²) in [6, 6.07) is 7.94. The second-order valence-corrected chi connectivity index (χ2v) is 13.9. The van der Waals surface area contributed by atoms with Crippen LogP contribution in [-0.4, -0.2) is 105 Å². The van der Waals surface area contributed by atoms with Gasteiger partial charge in [0.15, 0.2) is 18.5 Å². The Balaban J connectivity index is 0.00000271. The predicted octanol–water partition coefficient (Wildman–Crippen LogP) is 5.00. The highest BCUT2D eigenvalue weighted by Crippen LogP contribution is 2.40. The quantitative estimate of drug-likeness (QED) is 0.0650. The van der Waals surface area contributed by atoms with Crippen LogP contribution in [-0.2, 0) is 68.4 Å². The van der Waals surface area contributed by atoms with Gasteiger partial charge in [0.05, 0.1) is 37.1 Å². The zero-order chi connectivity index (χ0) is 41.5. The summed E-state index contributed by atoms with van der Waals surface area (Å²) >= 11 is 0. The van der Waals surface area contributed by atoms with Crippen molar-refractivity contribution in [1.82, 2.24) is 0 Å². The zero-order valence-electron chi connectivity index (χ0n) is 32.7. The molecule has 4 rings (SSSR count). The van der Waals surface area contributed by atoms with Crippen LogP contribution >= 0.6 is 0 Å². The molecule has 308 valence electrons. The number of hydrogen-bond acceptors (Lipinski definition) is 16. The monoisotopic (exact) mass is 789 g/mol. The molecule has 20 nitrogen and oxygen atoms in total. The minimum Gasteiger partial charge on any atom is -0.463 e. The molecule has 0 radical (unpaired) electrons. The SMILES string of the molecule is CC(=N)OC1OC(COC(C)=O)[C@@H](O[C@@H]2OC(C)[C@@H](O[C@H]3OC(COC(C)=O)[C@@H](C)[C@H](C)C3N=[N+]=[N-])[C@H](C)C2OCc2ccccc2)[C@H](C)C1N=[N+]=[N-].O=C=O. The van der Waals surface area contributed by atoms with E-state index >= 15 is 0 Å². The Labute approximate surface area is 324 Å². The number of nitrogens with zero attached hydrogens (tertiary/aromatic N) is 6. The van der Waals surface area contributed by atoms with Gasteiger partial charge in [-0.3, -0.25) is 15.0 Å². The maximum atomic E-state index is 11.9. The van der Waals surface area contributed by atoms with E-state index < -0.39 is 91.4 Å². The van der Waals surface area contributed by atoms with E-state index in [-0.39, 0.29) is 43.7 Å². The normalized spacial score (nSPS) is 35.1. The van der Waals surface area contributed by atoms with Crippen LogP contribution in [0.4, 0.5) is 0 Å². The third kappa shape index (κ3) is 12.4. The van der Waals surface area contributed by atoms with Crippen molar-refractivity contribution in [2.75, 3.05) is 13.2 Å². The molecule has 0 aromatic heterocycles. The summed E-state index contributed by atoms with van der Waals surface area (Å²) in [7, 11) is 0. The lowest BCUT2D eigenvalue weighted by molar-refractivity contribution is -0.352. The van der Waals surface area contributed by atoms with Crippen molar-refractivity contribution in [3.63, 3.8) is 0 Å². The molecule has 0 saturated carbocycles. The molecule has 3 aliphatic heterocycles.